The molecule has 0 bridgehead atoms. The van der Waals surface area contributed by atoms with Crippen molar-refractivity contribution in [3.8, 4) is 0 Å². The molecule has 0 fully saturated rings. The highest BCUT2D eigenvalue weighted by Gasteiger charge is 2.20. The van der Waals surface area contributed by atoms with E-state index in [4.69, 9.17) is 0 Å². The minimum absolute atomic E-state index is 0.0907. The summed E-state index contributed by atoms with van der Waals surface area (Å²) in [6, 6.07) is 8.53. The molecule has 0 amide bonds. The molecule has 0 saturated heterocycles. The van der Waals surface area contributed by atoms with Crippen LogP contribution in [0.1, 0.15) is 17.3 Å². The van der Waals surface area contributed by atoms with E-state index in [2.05, 4.69) is 32.9 Å². The average Bonchev–Trinajstić information content (AvgIpc) is 2.75. The summed E-state index contributed by atoms with van der Waals surface area (Å²) in [5.41, 5.74) is 1.53. The second-order valence-electron chi connectivity index (χ2n) is 4.96. The molecule has 0 unspecified atom stereocenters. The second-order valence-corrected chi connectivity index (χ2v) is 6.21. The molecule has 4 nitrogen and oxygen atoms in total. The maximum Gasteiger partial charge on any atom is 0.164 e. The molecular formula is C16H13FIN3O. The van der Waals surface area contributed by atoms with E-state index in [1.165, 1.54) is 13.0 Å². The number of nitrogens with one attached hydrogen (secondary N) is 1. The Hall–Kier alpha value is -1.96. The minimum Gasteiger partial charge on any atom is -0.339 e. The third-order valence-electron chi connectivity index (χ3n) is 3.48. The standard InChI is InChI=1S/C16H13FIN3O/c1-9(22)14-11-4-3-7-19-15(11)21(2)16(14)20-13-6-5-10(18)8-12(13)17/h3-8,20H,1-2H3. The van der Waals surface area contributed by atoms with Gasteiger partial charge in [-0.25, -0.2) is 9.37 Å². The summed E-state index contributed by atoms with van der Waals surface area (Å²) in [5, 5.41) is 3.79. The van der Waals surface area contributed by atoms with Crippen molar-refractivity contribution in [3.05, 3.63) is 51.5 Å². The van der Waals surface area contributed by atoms with Crippen LogP contribution in [0, 0.1) is 9.39 Å². The van der Waals surface area contributed by atoms with Crippen LogP contribution in [0.2, 0.25) is 0 Å². The van der Waals surface area contributed by atoms with Gasteiger partial charge in [0.05, 0.1) is 11.3 Å². The molecule has 0 spiro atoms. The first-order valence-electron chi connectivity index (χ1n) is 6.65. The topological polar surface area (TPSA) is 46.9 Å². The lowest BCUT2D eigenvalue weighted by Gasteiger charge is -2.10. The number of carbonyl (C=O) groups excluding carboxylic acids is 1. The number of hydrogen-bond donors (Lipinski definition) is 1. The first-order chi connectivity index (χ1) is 10.5. The first-order valence-corrected chi connectivity index (χ1v) is 7.73. The maximum absolute atomic E-state index is 14.1. The fourth-order valence-corrected chi connectivity index (χ4v) is 2.93. The third kappa shape index (κ3) is 2.47. The second kappa shape index (κ2) is 5.68. The van der Waals surface area contributed by atoms with Crippen molar-refractivity contribution in [2.45, 2.75) is 6.92 Å². The molecule has 0 atom stereocenters. The van der Waals surface area contributed by atoms with Crippen LogP contribution in [0.4, 0.5) is 15.9 Å². The van der Waals surface area contributed by atoms with Gasteiger partial charge in [-0.3, -0.25) is 4.79 Å². The summed E-state index contributed by atoms with van der Waals surface area (Å²) < 4.78 is 16.7. The highest BCUT2D eigenvalue weighted by molar-refractivity contribution is 14.1. The molecule has 3 aromatic rings. The molecule has 0 saturated carbocycles. The maximum atomic E-state index is 14.1. The fourth-order valence-electron chi connectivity index (χ4n) is 2.48. The van der Waals surface area contributed by atoms with Gasteiger partial charge in [-0.05, 0) is 59.8 Å². The zero-order valence-electron chi connectivity index (χ0n) is 12.0. The van der Waals surface area contributed by atoms with Crippen molar-refractivity contribution in [1.29, 1.82) is 0 Å². The molecule has 1 N–H and O–H groups in total. The summed E-state index contributed by atoms with van der Waals surface area (Å²) in [5.74, 6) is 0.0907. The van der Waals surface area contributed by atoms with Crippen molar-refractivity contribution in [2.24, 2.45) is 7.05 Å². The summed E-state index contributed by atoms with van der Waals surface area (Å²) in [7, 11) is 1.80. The van der Waals surface area contributed by atoms with Gasteiger partial charge >= 0.3 is 0 Å². The smallest absolute Gasteiger partial charge is 0.164 e. The Kier molecular flexibility index (Phi) is 3.86. The number of nitrogens with zero attached hydrogens (tertiary/aromatic N) is 2. The lowest BCUT2D eigenvalue weighted by molar-refractivity contribution is 0.102. The van der Waals surface area contributed by atoms with E-state index >= 15 is 0 Å². The van der Waals surface area contributed by atoms with Crippen LogP contribution < -0.4 is 5.32 Å². The molecule has 2 aromatic heterocycles. The van der Waals surface area contributed by atoms with Crippen molar-refractivity contribution < 1.29 is 9.18 Å². The summed E-state index contributed by atoms with van der Waals surface area (Å²) >= 11 is 2.05. The SMILES string of the molecule is CC(=O)c1c(Nc2ccc(I)cc2F)n(C)c2ncccc12. The van der Waals surface area contributed by atoms with Gasteiger partial charge in [0.25, 0.3) is 0 Å². The first kappa shape index (κ1) is 15.0. The van der Waals surface area contributed by atoms with Gasteiger partial charge in [-0.2, -0.15) is 0 Å². The normalized spacial score (nSPS) is 10.9. The predicted octanol–water partition coefficient (Wildman–Crippen LogP) is 4.26. The van der Waals surface area contributed by atoms with Gasteiger partial charge < -0.3 is 9.88 Å². The van der Waals surface area contributed by atoms with Crippen LogP contribution in [0.15, 0.2) is 36.5 Å². The van der Waals surface area contributed by atoms with E-state index in [9.17, 15) is 9.18 Å². The molecule has 112 valence electrons. The number of halogens is 2. The Morgan fingerprint density at radius 1 is 1.36 bits per heavy atom. The molecule has 0 aliphatic heterocycles. The van der Waals surface area contributed by atoms with Gasteiger partial charge in [0.1, 0.15) is 17.3 Å². The molecule has 0 aliphatic rings. The van der Waals surface area contributed by atoms with Crippen molar-refractivity contribution in [3.63, 3.8) is 0 Å². The number of anilines is 2. The van der Waals surface area contributed by atoms with Crippen LogP contribution in [0.25, 0.3) is 11.0 Å². The number of carbonyl (C=O) groups is 1. The number of fused-ring (bicyclic) bond motifs is 1. The van der Waals surface area contributed by atoms with Crippen molar-refractivity contribution >= 4 is 50.9 Å². The van der Waals surface area contributed by atoms with Crippen LogP contribution in [0.3, 0.4) is 0 Å². The fraction of sp³-hybridized carbons (Fsp3) is 0.125. The van der Waals surface area contributed by atoms with E-state index in [-0.39, 0.29) is 11.6 Å². The lowest BCUT2D eigenvalue weighted by atomic mass is 10.1. The molecule has 6 heteroatoms. The molecule has 0 radical (unpaired) electrons. The number of aromatic nitrogens is 2. The Morgan fingerprint density at radius 2 is 2.14 bits per heavy atom. The molecule has 1 aromatic carbocycles. The molecule has 22 heavy (non-hydrogen) atoms. The highest BCUT2D eigenvalue weighted by atomic mass is 127. The summed E-state index contributed by atoms with van der Waals surface area (Å²) in [4.78, 5) is 16.3. The molecule has 2 heterocycles. The van der Waals surface area contributed by atoms with Gasteiger partial charge in [-0.15, -0.1) is 0 Å². The van der Waals surface area contributed by atoms with Gasteiger partial charge in [0, 0.05) is 22.2 Å². The number of rotatable bonds is 3. The summed E-state index contributed by atoms with van der Waals surface area (Å²) in [6.07, 6.45) is 1.67. The Labute approximate surface area is 140 Å². The van der Waals surface area contributed by atoms with Crippen LogP contribution >= 0.6 is 22.6 Å². The largest absolute Gasteiger partial charge is 0.339 e. The molecular weight excluding hydrogens is 396 g/mol. The lowest BCUT2D eigenvalue weighted by Crippen LogP contribution is -2.04. The Morgan fingerprint density at radius 3 is 2.82 bits per heavy atom. The highest BCUT2D eigenvalue weighted by Crippen LogP contribution is 2.31. The van der Waals surface area contributed by atoms with Gasteiger partial charge in [0.2, 0.25) is 0 Å². The van der Waals surface area contributed by atoms with Crippen LogP contribution in [-0.4, -0.2) is 15.3 Å². The van der Waals surface area contributed by atoms with Crippen molar-refractivity contribution in [1.82, 2.24) is 9.55 Å². The predicted molar refractivity (Wildman–Crippen MR) is 93.1 cm³/mol. The zero-order valence-corrected chi connectivity index (χ0v) is 14.2. The quantitative estimate of drug-likeness (QED) is 0.520. The number of benzene rings is 1. The molecule has 0 aliphatic carbocycles. The number of hydrogen-bond acceptors (Lipinski definition) is 3. The zero-order chi connectivity index (χ0) is 15.9. The summed E-state index contributed by atoms with van der Waals surface area (Å²) in [6.45, 7) is 1.50. The number of pyridine rings is 1. The Balaban J connectivity index is 2.20. The number of ketones is 1. The average molecular weight is 409 g/mol. The third-order valence-corrected chi connectivity index (χ3v) is 4.15. The molecule has 3 rings (SSSR count). The van der Waals surface area contributed by atoms with Gasteiger partial charge in [-0.1, -0.05) is 0 Å². The van der Waals surface area contributed by atoms with E-state index in [1.54, 1.807) is 36.0 Å². The van der Waals surface area contributed by atoms with Crippen LogP contribution in [-0.2, 0) is 7.05 Å². The van der Waals surface area contributed by atoms with E-state index in [1.807, 2.05) is 6.07 Å². The van der Waals surface area contributed by atoms with Crippen molar-refractivity contribution in [2.75, 3.05) is 5.32 Å². The van der Waals surface area contributed by atoms with E-state index in [0.717, 1.165) is 8.96 Å². The van der Waals surface area contributed by atoms with E-state index < -0.39 is 0 Å². The van der Waals surface area contributed by atoms with E-state index in [0.29, 0.717) is 22.7 Å². The van der Waals surface area contributed by atoms with Crippen LogP contribution in [0.5, 0.6) is 0 Å². The minimum atomic E-state index is -0.361. The Bertz CT molecular complexity index is 888. The van der Waals surface area contributed by atoms with Gasteiger partial charge in [0.15, 0.2) is 5.78 Å². The number of Topliss-reactive ketones (excluding diaryl/α,β-unsaturated/α-hetero) is 1. The monoisotopic (exact) mass is 409 g/mol. The number of aryl methyl sites for hydroxylation is 1.